The summed E-state index contributed by atoms with van der Waals surface area (Å²) in [5.74, 6) is 5.27. The number of hydrogen-bond donors (Lipinski definition) is 2. The molecule has 1 aromatic rings. The fourth-order valence-corrected chi connectivity index (χ4v) is 1.23. The molecule has 3 N–H and O–H groups in total. The van der Waals surface area contributed by atoms with E-state index in [2.05, 4.69) is 0 Å². The zero-order valence-electron chi connectivity index (χ0n) is 11.0. The highest BCUT2D eigenvalue weighted by Gasteiger charge is 2.10. The fourth-order valence-electron chi connectivity index (χ4n) is 1.23. The summed E-state index contributed by atoms with van der Waals surface area (Å²) in [7, 11) is 0. The van der Waals surface area contributed by atoms with Crippen LogP contribution in [0.5, 0.6) is 0 Å². The zero-order valence-corrected chi connectivity index (χ0v) is 11.0. The quantitative estimate of drug-likeness (QED) is 0.346. The van der Waals surface area contributed by atoms with Crippen molar-refractivity contribution in [3.05, 3.63) is 23.7 Å². The normalized spacial score (nSPS) is 11.6. The van der Waals surface area contributed by atoms with Crippen LogP contribution in [-0.2, 0) is 16.1 Å². The van der Waals surface area contributed by atoms with Crippen LogP contribution in [0.15, 0.2) is 16.5 Å². The summed E-state index contributed by atoms with van der Waals surface area (Å²) in [6, 6.07) is 3.22. The van der Waals surface area contributed by atoms with E-state index >= 15 is 0 Å². The molecule has 0 saturated carbocycles. The predicted molar refractivity (Wildman–Crippen MR) is 65.7 cm³/mol. The Morgan fingerprint density at radius 3 is 2.72 bits per heavy atom. The van der Waals surface area contributed by atoms with Crippen LogP contribution in [0.4, 0.5) is 0 Å². The van der Waals surface area contributed by atoms with E-state index in [0.29, 0.717) is 25.6 Å². The number of nitrogens with two attached hydrogens (primary N) is 1. The molecule has 0 aliphatic carbocycles. The average molecular weight is 256 g/mol. The molecule has 0 aliphatic rings. The van der Waals surface area contributed by atoms with Crippen LogP contribution < -0.4 is 11.3 Å². The van der Waals surface area contributed by atoms with Gasteiger partial charge in [-0.25, -0.2) is 5.84 Å². The number of hydrazine groups is 1. The molecule has 0 aromatic carbocycles. The summed E-state index contributed by atoms with van der Waals surface area (Å²) in [6.07, 6.45) is 0. The molecule has 0 saturated heterocycles. The molecule has 0 atom stereocenters. The maximum Gasteiger partial charge on any atom is 0.300 e. The van der Waals surface area contributed by atoms with Crippen molar-refractivity contribution < 1.29 is 18.7 Å². The van der Waals surface area contributed by atoms with Crippen molar-refractivity contribution in [2.75, 3.05) is 13.2 Å². The van der Waals surface area contributed by atoms with Crippen molar-refractivity contribution in [3.8, 4) is 0 Å². The van der Waals surface area contributed by atoms with Gasteiger partial charge in [-0.05, 0) is 32.9 Å². The van der Waals surface area contributed by atoms with E-state index in [-0.39, 0.29) is 11.4 Å². The summed E-state index contributed by atoms with van der Waals surface area (Å²) in [6.45, 7) is 7.23. The third-order valence-corrected chi connectivity index (χ3v) is 2.02. The molecule has 0 aliphatic heterocycles. The summed E-state index contributed by atoms with van der Waals surface area (Å²) >= 11 is 0. The molecule has 0 unspecified atom stereocenters. The van der Waals surface area contributed by atoms with Crippen LogP contribution in [0.25, 0.3) is 0 Å². The number of amides is 1. The van der Waals surface area contributed by atoms with Crippen LogP contribution in [0, 0.1) is 0 Å². The summed E-state index contributed by atoms with van der Waals surface area (Å²) in [5, 5.41) is 0. The molecule has 6 nitrogen and oxygen atoms in total. The van der Waals surface area contributed by atoms with Gasteiger partial charge in [0.25, 0.3) is 0 Å². The first-order chi connectivity index (χ1) is 8.42. The monoisotopic (exact) mass is 256 g/mol. The molecule has 1 rings (SSSR count). The molecule has 102 valence electrons. The van der Waals surface area contributed by atoms with Crippen LogP contribution in [0.2, 0.25) is 0 Å². The smallest absolute Gasteiger partial charge is 0.300 e. The number of carbonyl (C=O) groups is 1. The summed E-state index contributed by atoms with van der Waals surface area (Å²) < 4.78 is 16.1. The number of hydrogen-bond acceptors (Lipinski definition) is 5. The maximum absolute atomic E-state index is 11.1. The summed E-state index contributed by atoms with van der Waals surface area (Å²) in [5.41, 5.74) is 1.83. The Bertz CT molecular complexity index is 382. The van der Waals surface area contributed by atoms with Gasteiger partial charge in [-0.15, -0.1) is 0 Å². The van der Waals surface area contributed by atoms with Crippen molar-refractivity contribution >= 4 is 5.91 Å². The lowest BCUT2D eigenvalue weighted by Crippen LogP contribution is -2.29. The minimum absolute atomic E-state index is 0.166. The zero-order chi connectivity index (χ0) is 13.6. The van der Waals surface area contributed by atoms with E-state index in [0.717, 1.165) is 0 Å². The Hall–Kier alpha value is -1.37. The van der Waals surface area contributed by atoms with Crippen LogP contribution in [-0.4, -0.2) is 24.7 Å². The van der Waals surface area contributed by atoms with Crippen LogP contribution in [0.1, 0.15) is 37.1 Å². The topological polar surface area (TPSA) is 86.7 Å². The number of ether oxygens (including phenoxy) is 2. The van der Waals surface area contributed by atoms with E-state index in [9.17, 15) is 4.79 Å². The Morgan fingerprint density at radius 1 is 1.39 bits per heavy atom. The van der Waals surface area contributed by atoms with Crippen molar-refractivity contribution in [1.82, 2.24) is 5.43 Å². The molecule has 1 amide bonds. The summed E-state index contributed by atoms with van der Waals surface area (Å²) in [4.78, 5) is 11.1. The largest absolute Gasteiger partial charge is 0.453 e. The lowest BCUT2D eigenvalue weighted by atomic mass is 10.2. The van der Waals surface area contributed by atoms with Gasteiger partial charge in [0.1, 0.15) is 12.4 Å². The van der Waals surface area contributed by atoms with Crippen molar-refractivity contribution in [2.45, 2.75) is 33.0 Å². The SMILES string of the molecule is CC(C)(C)OCCOCc1ccc(C(=O)NN)o1. The van der Waals surface area contributed by atoms with Gasteiger partial charge in [0.05, 0.1) is 18.8 Å². The van der Waals surface area contributed by atoms with Crippen molar-refractivity contribution in [2.24, 2.45) is 5.84 Å². The third-order valence-electron chi connectivity index (χ3n) is 2.02. The van der Waals surface area contributed by atoms with Gasteiger partial charge in [-0.2, -0.15) is 0 Å². The van der Waals surface area contributed by atoms with Gasteiger partial charge in [0.15, 0.2) is 5.76 Å². The highest BCUT2D eigenvalue weighted by atomic mass is 16.5. The Kier molecular flexibility index (Phi) is 5.33. The van der Waals surface area contributed by atoms with E-state index in [1.165, 1.54) is 0 Å². The van der Waals surface area contributed by atoms with Gasteiger partial charge >= 0.3 is 5.91 Å². The first-order valence-electron chi connectivity index (χ1n) is 5.74. The molecule has 0 radical (unpaired) electrons. The van der Waals surface area contributed by atoms with Crippen LogP contribution in [0.3, 0.4) is 0 Å². The first kappa shape index (κ1) is 14.7. The lowest BCUT2D eigenvalue weighted by molar-refractivity contribution is -0.0395. The molecular formula is C12H20N2O4. The van der Waals surface area contributed by atoms with Gasteiger partial charge in [-0.1, -0.05) is 0 Å². The number of nitrogens with one attached hydrogen (secondary N) is 1. The fraction of sp³-hybridized carbons (Fsp3) is 0.583. The van der Waals surface area contributed by atoms with E-state index in [1.54, 1.807) is 12.1 Å². The average Bonchev–Trinajstić information content (AvgIpc) is 2.75. The molecule has 1 aromatic heterocycles. The standard InChI is InChI=1S/C12H20N2O4/c1-12(2,3)17-7-6-16-8-9-4-5-10(18-9)11(15)14-13/h4-5H,6-8,13H2,1-3H3,(H,14,15). The molecule has 1 heterocycles. The lowest BCUT2D eigenvalue weighted by Gasteiger charge is -2.19. The molecular weight excluding hydrogens is 236 g/mol. The Balaban J connectivity index is 2.24. The second kappa shape index (κ2) is 6.53. The number of carbonyl (C=O) groups excluding carboxylic acids is 1. The maximum atomic E-state index is 11.1. The highest BCUT2D eigenvalue weighted by molar-refractivity contribution is 5.90. The van der Waals surface area contributed by atoms with Gasteiger partial charge in [0, 0.05) is 0 Å². The molecule has 0 fully saturated rings. The highest BCUT2D eigenvalue weighted by Crippen LogP contribution is 2.09. The van der Waals surface area contributed by atoms with Gasteiger partial charge < -0.3 is 13.9 Å². The third kappa shape index (κ3) is 5.31. The number of nitrogen functional groups attached to an aromatic ring is 1. The van der Waals surface area contributed by atoms with E-state index < -0.39 is 5.91 Å². The minimum atomic E-state index is -0.461. The minimum Gasteiger partial charge on any atom is -0.453 e. The molecule has 0 bridgehead atoms. The van der Waals surface area contributed by atoms with Gasteiger partial charge in [0.2, 0.25) is 0 Å². The van der Waals surface area contributed by atoms with Gasteiger partial charge in [-0.3, -0.25) is 10.2 Å². The Labute approximate surface area is 106 Å². The molecule has 18 heavy (non-hydrogen) atoms. The Morgan fingerprint density at radius 2 is 2.11 bits per heavy atom. The second-order valence-electron chi connectivity index (χ2n) is 4.75. The first-order valence-corrected chi connectivity index (χ1v) is 5.74. The van der Waals surface area contributed by atoms with Crippen molar-refractivity contribution in [1.29, 1.82) is 0 Å². The van der Waals surface area contributed by atoms with E-state index in [4.69, 9.17) is 19.7 Å². The second-order valence-corrected chi connectivity index (χ2v) is 4.75. The van der Waals surface area contributed by atoms with E-state index in [1.807, 2.05) is 26.2 Å². The molecule has 6 heteroatoms. The van der Waals surface area contributed by atoms with Crippen molar-refractivity contribution in [3.63, 3.8) is 0 Å². The number of furan rings is 1. The van der Waals surface area contributed by atoms with Crippen LogP contribution >= 0.6 is 0 Å². The predicted octanol–water partition coefficient (Wildman–Crippen LogP) is 1.21. The number of rotatable bonds is 6. The molecule has 0 spiro atoms.